The van der Waals surface area contributed by atoms with E-state index in [0.29, 0.717) is 18.2 Å². The molecule has 1 atom stereocenters. The molecule has 1 saturated heterocycles. The minimum absolute atomic E-state index is 0.0969. The molecule has 0 aromatic carbocycles. The van der Waals surface area contributed by atoms with E-state index in [1.165, 1.54) is 0 Å². The third-order valence-electron chi connectivity index (χ3n) is 3.95. The first-order valence-corrected chi connectivity index (χ1v) is 8.33. The van der Waals surface area contributed by atoms with Crippen LogP contribution in [0.5, 0.6) is 0 Å². The van der Waals surface area contributed by atoms with Gasteiger partial charge in [-0.2, -0.15) is 0 Å². The summed E-state index contributed by atoms with van der Waals surface area (Å²) in [5.41, 5.74) is 3.53. The molecule has 2 aromatic heterocycles. The van der Waals surface area contributed by atoms with Crippen molar-refractivity contribution in [2.24, 2.45) is 5.92 Å². The summed E-state index contributed by atoms with van der Waals surface area (Å²) < 4.78 is 5.15. The van der Waals surface area contributed by atoms with Gasteiger partial charge in [-0.05, 0) is 39.3 Å². The van der Waals surface area contributed by atoms with Crippen molar-refractivity contribution in [1.82, 2.24) is 20.4 Å². The Kier molecular flexibility index (Phi) is 4.54. The van der Waals surface area contributed by atoms with Crippen LogP contribution in [0.15, 0.2) is 16.1 Å². The van der Waals surface area contributed by atoms with Crippen molar-refractivity contribution in [2.45, 2.75) is 26.8 Å². The second kappa shape index (κ2) is 6.58. The SMILES string of the molecule is Cc1cc(C(=O)N(Cc2scnc2C)CC2CCNC2)on1. The molecular formula is C15H20N4O2S. The van der Waals surface area contributed by atoms with Crippen molar-refractivity contribution < 1.29 is 9.32 Å². The van der Waals surface area contributed by atoms with E-state index in [9.17, 15) is 4.79 Å². The van der Waals surface area contributed by atoms with Crippen LogP contribution < -0.4 is 5.32 Å². The van der Waals surface area contributed by atoms with Gasteiger partial charge in [0.15, 0.2) is 0 Å². The molecule has 2 aromatic rings. The smallest absolute Gasteiger partial charge is 0.292 e. The zero-order chi connectivity index (χ0) is 15.5. The molecule has 1 aliphatic rings. The van der Waals surface area contributed by atoms with Crippen LogP contribution in [-0.2, 0) is 6.54 Å². The predicted molar refractivity (Wildman–Crippen MR) is 83.8 cm³/mol. The van der Waals surface area contributed by atoms with E-state index in [1.54, 1.807) is 17.4 Å². The van der Waals surface area contributed by atoms with E-state index >= 15 is 0 Å². The summed E-state index contributed by atoms with van der Waals surface area (Å²) >= 11 is 1.59. The molecule has 3 rings (SSSR count). The fourth-order valence-corrected chi connectivity index (χ4v) is 3.46. The lowest BCUT2D eigenvalue weighted by atomic mass is 10.1. The molecule has 118 valence electrons. The fraction of sp³-hybridized carbons (Fsp3) is 0.533. The predicted octanol–water partition coefficient (Wildman–Crippen LogP) is 2.00. The Morgan fingerprint density at radius 1 is 1.55 bits per heavy atom. The highest BCUT2D eigenvalue weighted by Crippen LogP contribution is 2.20. The largest absolute Gasteiger partial charge is 0.351 e. The highest BCUT2D eigenvalue weighted by atomic mass is 32.1. The molecule has 1 fully saturated rings. The molecule has 0 radical (unpaired) electrons. The lowest BCUT2D eigenvalue weighted by molar-refractivity contribution is 0.0678. The van der Waals surface area contributed by atoms with Crippen molar-refractivity contribution >= 4 is 17.2 Å². The van der Waals surface area contributed by atoms with Gasteiger partial charge in [0.1, 0.15) is 0 Å². The van der Waals surface area contributed by atoms with E-state index in [1.807, 2.05) is 24.3 Å². The summed E-state index contributed by atoms with van der Waals surface area (Å²) in [6, 6.07) is 1.70. The van der Waals surface area contributed by atoms with Crippen molar-refractivity contribution in [3.63, 3.8) is 0 Å². The maximum Gasteiger partial charge on any atom is 0.292 e. The van der Waals surface area contributed by atoms with Gasteiger partial charge in [-0.25, -0.2) is 4.98 Å². The number of thiazole rings is 1. The first-order chi connectivity index (χ1) is 10.6. The topological polar surface area (TPSA) is 71.3 Å². The Morgan fingerprint density at radius 3 is 3.00 bits per heavy atom. The second-order valence-electron chi connectivity index (χ2n) is 5.74. The van der Waals surface area contributed by atoms with Crippen LogP contribution >= 0.6 is 11.3 Å². The molecule has 1 aliphatic heterocycles. The lowest BCUT2D eigenvalue weighted by Crippen LogP contribution is -2.35. The number of hydrogen-bond acceptors (Lipinski definition) is 6. The first kappa shape index (κ1) is 15.2. The Hall–Kier alpha value is -1.73. The van der Waals surface area contributed by atoms with Crippen LogP contribution in [0.4, 0.5) is 0 Å². The first-order valence-electron chi connectivity index (χ1n) is 7.45. The molecule has 3 heterocycles. The minimum Gasteiger partial charge on any atom is -0.351 e. The molecule has 6 nitrogen and oxygen atoms in total. The zero-order valence-electron chi connectivity index (χ0n) is 12.8. The van der Waals surface area contributed by atoms with Gasteiger partial charge in [0.25, 0.3) is 5.91 Å². The number of carbonyl (C=O) groups excluding carboxylic acids is 1. The maximum atomic E-state index is 12.7. The Morgan fingerprint density at radius 2 is 2.41 bits per heavy atom. The summed E-state index contributed by atoms with van der Waals surface area (Å²) in [4.78, 5) is 20.0. The Balaban J connectivity index is 1.78. The standard InChI is InChI=1S/C15H20N4O2S/c1-10-5-13(21-18-10)15(20)19(7-12-3-4-16-6-12)8-14-11(2)17-9-22-14/h5,9,12,16H,3-4,6-8H2,1-2H3. The van der Waals surface area contributed by atoms with Crippen LogP contribution in [0, 0.1) is 19.8 Å². The van der Waals surface area contributed by atoms with E-state index < -0.39 is 0 Å². The number of aryl methyl sites for hydroxylation is 2. The summed E-state index contributed by atoms with van der Waals surface area (Å²) in [6.07, 6.45) is 1.10. The molecule has 22 heavy (non-hydrogen) atoms. The summed E-state index contributed by atoms with van der Waals surface area (Å²) in [7, 11) is 0. The number of nitrogens with zero attached hydrogens (tertiary/aromatic N) is 3. The number of carbonyl (C=O) groups is 1. The molecule has 0 bridgehead atoms. The van der Waals surface area contributed by atoms with Gasteiger partial charge >= 0.3 is 0 Å². The van der Waals surface area contributed by atoms with Crippen LogP contribution in [0.3, 0.4) is 0 Å². The van der Waals surface area contributed by atoms with E-state index in [-0.39, 0.29) is 5.91 Å². The number of hydrogen-bond donors (Lipinski definition) is 1. The maximum absolute atomic E-state index is 12.7. The monoisotopic (exact) mass is 320 g/mol. The summed E-state index contributed by atoms with van der Waals surface area (Å²) in [5, 5.41) is 7.17. The number of aromatic nitrogens is 2. The highest BCUT2D eigenvalue weighted by molar-refractivity contribution is 7.09. The van der Waals surface area contributed by atoms with Crippen LogP contribution in [0.25, 0.3) is 0 Å². The molecule has 1 N–H and O–H groups in total. The number of rotatable bonds is 5. The van der Waals surface area contributed by atoms with E-state index in [2.05, 4.69) is 15.5 Å². The quantitative estimate of drug-likeness (QED) is 0.912. The van der Waals surface area contributed by atoms with Gasteiger partial charge in [0.2, 0.25) is 5.76 Å². The van der Waals surface area contributed by atoms with Crippen molar-refractivity contribution in [3.05, 3.63) is 33.6 Å². The zero-order valence-corrected chi connectivity index (χ0v) is 13.7. The van der Waals surface area contributed by atoms with Gasteiger partial charge in [0, 0.05) is 17.5 Å². The van der Waals surface area contributed by atoms with E-state index in [4.69, 9.17) is 4.52 Å². The highest BCUT2D eigenvalue weighted by Gasteiger charge is 2.26. The van der Waals surface area contributed by atoms with Gasteiger partial charge in [-0.3, -0.25) is 4.79 Å². The second-order valence-corrected chi connectivity index (χ2v) is 6.68. The molecule has 7 heteroatoms. The van der Waals surface area contributed by atoms with Crippen molar-refractivity contribution in [2.75, 3.05) is 19.6 Å². The average Bonchev–Trinajstić information content (AvgIpc) is 3.22. The molecule has 1 amide bonds. The van der Waals surface area contributed by atoms with Crippen molar-refractivity contribution in [1.29, 1.82) is 0 Å². The summed E-state index contributed by atoms with van der Waals surface area (Å²) in [6.45, 7) is 7.08. The van der Waals surface area contributed by atoms with Gasteiger partial charge in [-0.1, -0.05) is 5.16 Å². The van der Waals surface area contributed by atoms with Gasteiger partial charge in [0.05, 0.1) is 23.4 Å². The molecule has 0 saturated carbocycles. The Bertz CT molecular complexity index is 646. The fourth-order valence-electron chi connectivity index (χ4n) is 2.67. The number of nitrogens with one attached hydrogen (secondary N) is 1. The van der Waals surface area contributed by atoms with Crippen LogP contribution in [0.2, 0.25) is 0 Å². The van der Waals surface area contributed by atoms with Crippen LogP contribution in [-0.4, -0.2) is 40.6 Å². The van der Waals surface area contributed by atoms with Crippen molar-refractivity contribution in [3.8, 4) is 0 Å². The third-order valence-corrected chi connectivity index (χ3v) is 4.87. The lowest BCUT2D eigenvalue weighted by Gasteiger charge is -2.24. The minimum atomic E-state index is -0.0969. The molecule has 1 unspecified atom stereocenters. The molecular weight excluding hydrogens is 300 g/mol. The van der Waals surface area contributed by atoms with Gasteiger partial charge < -0.3 is 14.7 Å². The number of amides is 1. The van der Waals surface area contributed by atoms with Gasteiger partial charge in [-0.15, -0.1) is 11.3 Å². The third kappa shape index (κ3) is 3.36. The Labute approximate surface area is 133 Å². The van der Waals surface area contributed by atoms with Crippen LogP contribution in [0.1, 0.15) is 33.2 Å². The molecule has 0 aliphatic carbocycles. The normalized spacial score (nSPS) is 17.8. The molecule has 0 spiro atoms. The average molecular weight is 320 g/mol. The summed E-state index contributed by atoms with van der Waals surface area (Å²) in [5.74, 6) is 0.701. The van der Waals surface area contributed by atoms with E-state index in [0.717, 1.165) is 42.3 Å².